The summed E-state index contributed by atoms with van der Waals surface area (Å²) < 4.78 is 26.7. The van der Waals surface area contributed by atoms with Crippen LogP contribution in [0.5, 0.6) is 0 Å². The Labute approximate surface area is 160 Å². The van der Waals surface area contributed by atoms with Crippen molar-refractivity contribution in [2.45, 2.75) is 25.8 Å². The SMILES string of the molecule is CC(C)(CO)NC(=O)Cc1ccc(NS(=O)(=O)/C=C/c2ccccc2)cc1. The number of carbonyl (C=O) groups is 1. The Bertz CT molecular complexity index is 889. The van der Waals surface area contributed by atoms with E-state index in [1.54, 1.807) is 38.1 Å². The second kappa shape index (κ2) is 8.83. The number of rotatable bonds is 8. The molecule has 0 aliphatic carbocycles. The van der Waals surface area contributed by atoms with Gasteiger partial charge in [0, 0.05) is 5.69 Å². The first-order valence-corrected chi connectivity index (χ1v) is 10.0. The second-order valence-electron chi connectivity index (χ2n) is 6.82. The van der Waals surface area contributed by atoms with Crippen LogP contribution in [0.4, 0.5) is 5.69 Å². The highest BCUT2D eigenvalue weighted by atomic mass is 32.2. The minimum Gasteiger partial charge on any atom is -0.394 e. The lowest BCUT2D eigenvalue weighted by atomic mass is 10.1. The summed E-state index contributed by atoms with van der Waals surface area (Å²) in [6, 6.07) is 15.7. The molecule has 27 heavy (non-hydrogen) atoms. The van der Waals surface area contributed by atoms with Crippen LogP contribution in [0.3, 0.4) is 0 Å². The highest BCUT2D eigenvalue weighted by Gasteiger charge is 2.19. The maximum atomic E-state index is 12.1. The van der Waals surface area contributed by atoms with E-state index in [9.17, 15) is 18.3 Å². The molecule has 0 heterocycles. The van der Waals surface area contributed by atoms with Crippen molar-refractivity contribution in [2.75, 3.05) is 11.3 Å². The van der Waals surface area contributed by atoms with E-state index in [1.165, 1.54) is 6.08 Å². The van der Waals surface area contributed by atoms with Crippen LogP contribution in [-0.2, 0) is 21.2 Å². The Hall–Kier alpha value is -2.64. The third-order valence-electron chi connectivity index (χ3n) is 3.69. The molecule has 0 aromatic heterocycles. The highest BCUT2D eigenvalue weighted by Crippen LogP contribution is 2.14. The Morgan fingerprint density at radius 3 is 2.30 bits per heavy atom. The van der Waals surface area contributed by atoms with E-state index in [4.69, 9.17) is 0 Å². The molecule has 144 valence electrons. The van der Waals surface area contributed by atoms with E-state index in [-0.39, 0.29) is 18.9 Å². The van der Waals surface area contributed by atoms with Crippen molar-refractivity contribution >= 4 is 27.7 Å². The number of benzene rings is 2. The van der Waals surface area contributed by atoms with Gasteiger partial charge in [0.15, 0.2) is 0 Å². The normalized spacial score (nSPS) is 12.1. The molecule has 6 nitrogen and oxygen atoms in total. The van der Waals surface area contributed by atoms with Crippen molar-refractivity contribution in [3.05, 3.63) is 71.1 Å². The fourth-order valence-corrected chi connectivity index (χ4v) is 3.14. The zero-order valence-corrected chi connectivity index (χ0v) is 16.2. The minimum absolute atomic E-state index is 0.143. The van der Waals surface area contributed by atoms with Crippen molar-refractivity contribution in [1.82, 2.24) is 5.32 Å². The summed E-state index contributed by atoms with van der Waals surface area (Å²) in [6.07, 6.45) is 1.66. The minimum atomic E-state index is -3.63. The van der Waals surface area contributed by atoms with Crippen LogP contribution >= 0.6 is 0 Å². The van der Waals surface area contributed by atoms with Crippen LogP contribution in [0, 0.1) is 0 Å². The standard InChI is InChI=1S/C20H24N2O4S/c1-20(2,15-23)21-19(24)14-17-8-10-18(11-9-17)22-27(25,26)13-12-16-6-4-3-5-7-16/h3-13,22-23H,14-15H2,1-2H3,(H,21,24)/b13-12+. The van der Waals surface area contributed by atoms with E-state index in [0.717, 1.165) is 16.5 Å². The summed E-state index contributed by atoms with van der Waals surface area (Å²) in [5.74, 6) is -0.215. The quantitative estimate of drug-likeness (QED) is 0.648. The second-order valence-corrected chi connectivity index (χ2v) is 8.39. The van der Waals surface area contributed by atoms with E-state index in [0.29, 0.717) is 5.69 Å². The Kier molecular flexibility index (Phi) is 6.76. The third kappa shape index (κ3) is 7.24. The lowest BCUT2D eigenvalue weighted by molar-refractivity contribution is -0.122. The van der Waals surface area contributed by atoms with Crippen molar-refractivity contribution in [3.8, 4) is 0 Å². The number of hydrogen-bond acceptors (Lipinski definition) is 4. The van der Waals surface area contributed by atoms with Crippen LogP contribution in [0.2, 0.25) is 0 Å². The average Bonchev–Trinajstić information content (AvgIpc) is 2.62. The van der Waals surface area contributed by atoms with Gasteiger partial charge < -0.3 is 10.4 Å². The summed E-state index contributed by atoms with van der Waals surface area (Å²) in [5.41, 5.74) is 1.25. The Balaban J connectivity index is 1.96. The maximum Gasteiger partial charge on any atom is 0.255 e. The van der Waals surface area contributed by atoms with E-state index < -0.39 is 15.6 Å². The fraction of sp³-hybridized carbons (Fsp3) is 0.250. The molecule has 0 saturated carbocycles. The molecule has 0 radical (unpaired) electrons. The first-order chi connectivity index (χ1) is 12.7. The molecule has 2 aromatic rings. The van der Waals surface area contributed by atoms with Gasteiger partial charge >= 0.3 is 0 Å². The molecule has 0 atom stereocenters. The number of anilines is 1. The number of carbonyl (C=O) groups excluding carboxylic acids is 1. The number of aliphatic hydroxyl groups is 1. The number of nitrogens with one attached hydrogen (secondary N) is 2. The summed E-state index contributed by atoms with van der Waals surface area (Å²) in [4.78, 5) is 12.0. The molecule has 0 saturated heterocycles. The first kappa shape index (κ1) is 20.7. The molecule has 7 heteroatoms. The molecule has 0 spiro atoms. The smallest absolute Gasteiger partial charge is 0.255 e. The fourth-order valence-electron chi connectivity index (χ4n) is 2.27. The number of sulfonamides is 1. The Morgan fingerprint density at radius 2 is 1.70 bits per heavy atom. The van der Waals surface area contributed by atoms with Gasteiger partial charge in [-0.05, 0) is 43.2 Å². The summed E-state index contributed by atoms with van der Waals surface area (Å²) in [5, 5.41) is 13.0. The zero-order chi connectivity index (χ0) is 19.9. The molecule has 2 rings (SSSR count). The monoisotopic (exact) mass is 388 g/mol. The topological polar surface area (TPSA) is 95.5 Å². The lowest BCUT2D eigenvalue weighted by Gasteiger charge is -2.23. The molecule has 0 bridgehead atoms. The van der Waals surface area contributed by atoms with E-state index >= 15 is 0 Å². The first-order valence-electron chi connectivity index (χ1n) is 8.46. The van der Waals surface area contributed by atoms with Crippen LogP contribution in [0.1, 0.15) is 25.0 Å². The molecule has 3 N–H and O–H groups in total. The van der Waals surface area contributed by atoms with Gasteiger partial charge in [-0.25, -0.2) is 8.42 Å². The maximum absolute atomic E-state index is 12.1. The van der Waals surface area contributed by atoms with Gasteiger partial charge in [0.05, 0.1) is 24.0 Å². The molecular weight excluding hydrogens is 364 g/mol. The van der Waals surface area contributed by atoms with Crippen LogP contribution in [0.25, 0.3) is 6.08 Å². The largest absolute Gasteiger partial charge is 0.394 e. The van der Waals surface area contributed by atoms with Gasteiger partial charge in [-0.1, -0.05) is 42.5 Å². The molecule has 0 aliphatic heterocycles. The predicted octanol–water partition coefficient (Wildman–Crippen LogP) is 2.53. The molecule has 1 amide bonds. The van der Waals surface area contributed by atoms with Gasteiger partial charge in [-0.2, -0.15) is 0 Å². The molecule has 0 aliphatic rings. The number of amides is 1. The molecule has 0 unspecified atom stereocenters. The average molecular weight is 388 g/mol. The summed E-state index contributed by atoms with van der Waals surface area (Å²) in [6.45, 7) is 3.30. The lowest BCUT2D eigenvalue weighted by Crippen LogP contribution is -2.46. The zero-order valence-electron chi connectivity index (χ0n) is 15.3. The number of aliphatic hydroxyl groups excluding tert-OH is 1. The molecule has 0 fully saturated rings. The van der Waals surface area contributed by atoms with Gasteiger partial charge in [0.2, 0.25) is 5.91 Å². The van der Waals surface area contributed by atoms with E-state index in [1.807, 2.05) is 30.3 Å². The van der Waals surface area contributed by atoms with Gasteiger partial charge in [-0.3, -0.25) is 9.52 Å². The van der Waals surface area contributed by atoms with Crippen LogP contribution < -0.4 is 10.0 Å². The van der Waals surface area contributed by atoms with Crippen LogP contribution in [-0.4, -0.2) is 31.6 Å². The summed E-state index contributed by atoms with van der Waals surface area (Å²) in [7, 11) is -3.63. The van der Waals surface area contributed by atoms with Crippen molar-refractivity contribution < 1.29 is 18.3 Å². The third-order valence-corrected chi connectivity index (χ3v) is 4.71. The number of hydrogen-bond donors (Lipinski definition) is 3. The predicted molar refractivity (Wildman–Crippen MR) is 107 cm³/mol. The van der Waals surface area contributed by atoms with Gasteiger partial charge in [0.25, 0.3) is 10.0 Å². The molecular formula is C20H24N2O4S. The summed E-state index contributed by atoms with van der Waals surface area (Å²) >= 11 is 0. The highest BCUT2D eigenvalue weighted by molar-refractivity contribution is 7.95. The van der Waals surface area contributed by atoms with Crippen molar-refractivity contribution in [3.63, 3.8) is 0 Å². The van der Waals surface area contributed by atoms with Gasteiger partial charge in [0.1, 0.15) is 0 Å². The van der Waals surface area contributed by atoms with Crippen molar-refractivity contribution in [2.24, 2.45) is 0 Å². The molecule has 2 aromatic carbocycles. The van der Waals surface area contributed by atoms with E-state index in [2.05, 4.69) is 10.0 Å². The van der Waals surface area contributed by atoms with Gasteiger partial charge in [-0.15, -0.1) is 0 Å². The van der Waals surface area contributed by atoms with Crippen molar-refractivity contribution in [1.29, 1.82) is 0 Å². The van der Waals surface area contributed by atoms with Crippen LogP contribution in [0.15, 0.2) is 60.0 Å². The Morgan fingerprint density at radius 1 is 1.07 bits per heavy atom.